The van der Waals surface area contributed by atoms with Gasteiger partial charge in [0.2, 0.25) is 0 Å². The van der Waals surface area contributed by atoms with Crippen molar-refractivity contribution in [1.29, 1.82) is 0 Å². The molecule has 0 radical (unpaired) electrons. The highest BCUT2D eigenvalue weighted by Gasteiger charge is 2.30. The highest BCUT2D eigenvalue weighted by Crippen LogP contribution is 2.35. The van der Waals surface area contributed by atoms with E-state index in [-0.39, 0.29) is 0 Å². The number of hydrogen-bond donors (Lipinski definition) is 1. The molecule has 2 aromatic rings. The van der Waals surface area contributed by atoms with E-state index in [0.29, 0.717) is 6.04 Å². The number of fused-ring (bicyclic) bond motifs is 1. The van der Waals surface area contributed by atoms with Crippen LogP contribution in [0.5, 0.6) is 0 Å². The van der Waals surface area contributed by atoms with E-state index in [2.05, 4.69) is 35.3 Å². The van der Waals surface area contributed by atoms with Gasteiger partial charge in [0.1, 0.15) is 11.2 Å². The molecule has 17 heavy (non-hydrogen) atoms. The van der Waals surface area contributed by atoms with E-state index in [0.717, 1.165) is 17.2 Å². The van der Waals surface area contributed by atoms with Gasteiger partial charge in [-0.1, -0.05) is 0 Å². The maximum absolute atomic E-state index is 4.47. The minimum Gasteiger partial charge on any atom is -0.316 e. The molecule has 0 bridgehead atoms. The SMILES string of the molecule is CNC(Cc1ncnc2sc(C)cc12)C1CC1. The summed E-state index contributed by atoms with van der Waals surface area (Å²) in [5.74, 6) is 0.852. The Morgan fingerprint density at radius 2 is 2.29 bits per heavy atom. The second kappa shape index (κ2) is 4.35. The maximum Gasteiger partial charge on any atom is 0.127 e. The third kappa shape index (κ3) is 2.19. The van der Waals surface area contributed by atoms with Crippen LogP contribution in [0.2, 0.25) is 0 Å². The topological polar surface area (TPSA) is 37.8 Å². The van der Waals surface area contributed by atoms with Gasteiger partial charge in [-0.2, -0.15) is 0 Å². The van der Waals surface area contributed by atoms with E-state index >= 15 is 0 Å². The van der Waals surface area contributed by atoms with Crippen molar-refractivity contribution in [2.24, 2.45) is 5.92 Å². The highest BCUT2D eigenvalue weighted by molar-refractivity contribution is 7.18. The predicted octanol–water partition coefficient (Wildman–Crippen LogP) is 2.54. The number of thiophene rings is 1. The van der Waals surface area contributed by atoms with Crippen molar-refractivity contribution in [2.45, 2.75) is 32.2 Å². The number of hydrogen-bond acceptors (Lipinski definition) is 4. The first kappa shape index (κ1) is 11.1. The molecule has 1 saturated carbocycles. The maximum atomic E-state index is 4.47. The van der Waals surface area contributed by atoms with Crippen LogP contribution in [0.15, 0.2) is 12.4 Å². The van der Waals surface area contributed by atoms with Gasteiger partial charge in [0.05, 0.1) is 5.69 Å². The lowest BCUT2D eigenvalue weighted by molar-refractivity contribution is 0.497. The Hall–Kier alpha value is -1.00. The molecular weight excluding hydrogens is 230 g/mol. The molecule has 1 aliphatic carbocycles. The minimum atomic E-state index is 0.577. The Kier molecular flexibility index (Phi) is 2.84. The molecule has 1 fully saturated rings. The van der Waals surface area contributed by atoms with Crippen molar-refractivity contribution in [3.05, 3.63) is 23.0 Å². The fourth-order valence-corrected chi connectivity index (χ4v) is 3.27. The van der Waals surface area contributed by atoms with Crippen LogP contribution in [-0.4, -0.2) is 23.1 Å². The zero-order valence-electron chi connectivity index (χ0n) is 10.2. The second-order valence-electron chi connectivity index (χ2n) is 4.83. The molecular formula is C13H17N3S. The van der Waals surface area contributed by atoms with Gasteiger partial charge in [-0.15, -0.1) is 11.3 Å². The van der Waals surface area contributed by atoms with Crippen LogP contribution in [-0.2, 0) is 6.42 Å². The minimum absolute atomic E-state index is 0.577. The number of nitrogens with one attached hydrogen (secondary N) is 1. The number of nitrogens with zero attached hydrogens (tertiary/aromatic N) is 2. The second-order valence-corrected chi connectivity index (χ2v) is 6.07. The van der Waals surface area contributed by atoms with E-state index in [1.165, 1.54) is 28.8 Å². The van der Waals surface area contributed by atoms with Gasteiger partial charge in [0.15, 0.2) is 0 Å². The summed E-state index contributed by atoms with van der Waals surface area (Å²) < 4.78 is 0. The number of aromatic nitrogens is 2. The Balaban J connectivity index is 1.93. The molecule has 0 saturated heterocycles. The van der Waals surface area contributed by atoms with Gasteiger partial charge >= 0.3 is 0 Å². The van der Waals surface area contributed by atoms with Crippen LogP contribution in [0, 0.1) is 12.8 Å². The molecule has 1 atom stereocenters. The zero-order valence-corrected chi connectivity index (χ0v) is 11.0. The van der Waals surface area contributed by atoms with E-state index in [9.17, 15) is 0 Å². The summed E-state index contributed by atoms with van der Waals surface area (Å²) in [6.45, 7) is 2.13. The highest BCUT2D eigenvalue weighted by atomic mass is 32.1. The number of rotatable bonds is 4. The van der Waals surface area contributed by atoms with Crippen molar-refractivity contribution in [3.8, 4) is 0 Å². The van der Waals surface area contributed by atoms with E-state index < -0.39 is 0 Å². The lowest BCUT2D eigenvalue weighted by Crippen LogP contribution is -2.30. The van der Waals surface area contributed by atoms with Gasteiger partial charge in [-0.25, -0.2) is 9.97 Å². The smallest absolute Gasteiger partial charge is 0.127 e. The van der Waals surface area contributed by atoms with E-state index in [1.54, 1.807) is 17.7 Å². The summed E-state index contributed by atoms with van der Waals surface area (Å²) in [7, 11) is 2.06. The molecule has 1 unspecified atom stereocenters. The van der Waals surface area contributed by atoms with Crippen LogP contribution in [0.4, 0.5) is 0 Å². The normalized spacial score (nSPS) is 17.5. The molecule has 3 rings (SSSR count). The summed E-state index contributed by atoms with van der Waals surface area (Å²) >= 11 is 1.75. The van der Waals surface area contributed by atoms with Crippen molar-refractivity contribution < 1.29 is 0 Å². The number of aryl methyl sites for hydroxylation is 1. The Morgan fingerprint density at radius 3 is 3.00 bits per heavy atom. The van der Waals surface area contributed by atoms with Crippen molar-refractivity contribution >= 4 is 21.6 Å². The largest absolute Gasteiger partial charge is 0.316 e. The summed E-state index contributed by atoms with van der Waals surface area (Å²) in [6.07, 6.45) is 5.45. The van der Waals surface area contributed by atoms with Gasteiger partial charge < -0.3 is 5.32 Å². The van der Waals surface area contributed by atoms with Crippen LogP contribution in [0.25, 0.3) is 10.2 Å². The Labute approximate surface area is 105 Å². The zero-order chi connectivity index (χ0) is 11.8. The quantitative estimate of drug-likeness (QED) is 0.902. The first-order chi connectivity index (χ1) is 8.28. The molecule has 4 heteroatoms. The fourth-order valence-electron chi connectivity index (χ4n) is 2.40. The molecule has 0 amide bonds. The van der Waals surface area contributed by atoms with Gasteiger partial charge in [-0.3, -0.25) is 0 Å². The molecule has 90 valence electrons. The monoisotopic (exact) mass is 247 g/mol. The predicted molar refractivity (Wildman–Crippen MR) is 71.4 cm³/mol. The molecule has 1 aliphatic rings. The first-order valence-electron chi connectivity index (χ1n) is 6.15. The van der Waals surface area contributed by atoms with Crippen LogP contribution in [0.3, 0.4) is 0 Å². The average molecular weight is 247 g/mol. The Morgan fingerprint density at radius 1 is 1.47 bits per heavy atom. The molecule has 0 spiro atoms. The third-order valence-corrected chi connectivity index (χ3v) is 4.47. The molecule has 0 aromatic carbocycles. The van der Waals surface area contributed by atoms with Gasteiger partial charge in [0.25, 0.3) is 0 Å². The fraction of sp³-hybridized carbons (Fsp3) is 0.538. The summed E-state index contributed by atoms with van der Waals surface area (Å²) in [5.41, 5.74) is 1.20. The van der Waals surface area contributed by atoms with Crippen molar-refractivity contribution in [1.82, 2.24) is 15.3 Å². The lowest BCUT2D eigenvalue weighted by atomic mass is 10.0. The van der Waals surface area contributed by atoms with Crippen LogP contribution in [0.1, 0.15) is 23.4 Å². The van der Waals surface area contributed by atoms with Crippen molar-refractivity contribution in [2.75, 3.05) is 7.05 Å². The molecule has 2 heterocycles. The van der Waals surface area contributed by atoms with Crippen molar-refractivity contribution in [3.63, 3.8) is 0 Å². The standard InChI is InChI=1S/C13H17N3S/c1-8-5-10-12(15-7-16-13(10)17-8)6-11(14-2)9-3-4-9/h5,7,9,11,14H,3-4,6H2,1-2H3. The van der Waals surface area contributed by atoms with Gasteiger partial charge in [-0.05, 0) is 38.8 Å². The average Bonchev–Trinajstić information content (AvgIpc) is 3.07. The number of likely N-dealkylation sites (N-methyl/N-ethyl adjacent to an activating group) is 1. The Bertz CT molecular complexity index is 530. The summed E-state index contributed by atoms with van der Waals surface area (Å²) in [4.78, 5) is 11.3. The van der Waals surface area contributed by atoms with E-state index in [1.807, 2.05) is 0 Å². The van der Waals surface area contributed by atoms with Crippen LogP contribution >= 0.6 is 11.3 Å². The summed E-state index contributed by atoms with van der Waals surface area (Å²) in [6, 6.07) is 2.79. The molecule has 1 N–H and O–H groups in total. The molecule has 3 nitrogen and oxygen atoms in total. The molecule has 0 aliphatic heterocycles. The van der Waals surface area contributed by atoms with Gasteiger partial charge in [0, 0.05) is 22.7 Å². The van der Waals surface area contributed by atoms with Crippen LogP contribution < -0.4 is 5.32 Å². The van der Waals surface area contributed by atoms with E-state index in [4.69, 9.17) is 0 Å². The lowest BCUT2D eigenvalue weighted by Gasteiger charge is -2.14. The third-order valence-electron chi connectivity index (χ3n) is 3.51. The summed E-state index contributed by atoms with van der Waals surface area (Å²) in [5, 5.41) is 4.67. The molecule has 2 aromatic heterocycles. The first-order valence-corrected chi connectivity index (χ1v) is 6.97.